The van der Waals surface area contributed by atoms with E-state index in [4.69, 9.17) is 4.74 Å². The second-order valence-corrected chi connectivity index (χ2v) is 4.91. The molecule has 3 rings (SSSR count). The van der Waals surface area contributed by atoms with Gasteiger partial charge in [-0.2, -0.15) is 14.5 Å². The predicted octanol–water partition coefficient (Wildman–Crippen LogP) is 3.16. The molecule has 0 N–H and O–H groups in total. The van der Waals surface area contributed by atoms with Crippen molar-refractivity contribution >= 4 is 27.0 Å². The number of rotatable bonds is 2. The molecule has 0 radical (unpaired) electrons. The van der Waals surface area contributed by atoms with Crippen molar-refractivity contribution in [1.29, 1.82) is 0 Å². The third-order valence-electron chi connectivity index (χ3n) is 3.15. The molecule has 1 saturated heterocycles. The van der Waals surface area contributed by atoms with Crippen molar-refractivity contribution in [3.63, 3.8) is 0 Å². The lowest BCUT2D eigenvalue weighted by Crippen LogP contribution is -2.19. The average Bonchev–Trinajstić information content (AvgIpc) is 2.77. The Bertz CT molecular complexity index is 566. The van der Waals surface area contributed by atoms with E-state index in [0.29, 0.717) is 11.0 Å². The topological polar surface area (TPSA) is 39.9 Å². The molecule has 1 aliphatic heterocycles. The first-order valence-corrected chi connectivity index (χ1v) is 7.13. The molecule has 0 amide bonds. The zero-order valence-corrected chi connectivity index (χ0v) is 11.4. The van der Waals surface area contributed by atoms with Gasteiger partial charge in [-0.25, -0.2) is 4.68 Å². The van der Waals surface area contributed by atoms with Gasteiger partial charge in [-0.05, 0) is 31.4 Å². The highest BCUT2D eigenvalue weighted by atomic mass is 79.9. The van der Waals surface area contributed by atoms with Crippen LogP contribution in [0.3, 0.4) is 0 Å². The molecule has 6 heteroatoms. The van der Waals surface area contributed by atoms with Gasteiger partial charge in [0, 0.05) is 17.3 Å². The van der Waals surface area contributed by atoms with E-state index in [0.717, 1.165) is 36.9 Å². The first-order chi connectivity index (χ1) is 8.79. The minimum absolute atomic E-state index is 0.122. The fraction of sp³-hybridized carbons (Fsp3) is 0.500. The van der Waals surface area contributed by atoms with Gasteiger partial charge in [0.1, 0.15) is 0 Å². The van der Waals surface area contributed by atoms with E-state index in [1.165, 1.54) is 6.07 Å². The summed E-state index contributed by atoms with van der Waals surface area (Å²) in [4.78, 5) is 3.95. The summed E-state index contributed by atoms with van der Waals surface area (Å²) in [6.07, 6.45) is 2.95. The van der Waals surface area contributed by atoms with Crippen molar-refractivity contribution in [3.8, 4) is 0 Å². The van der Waals surface area contributed by atoms with Crippen LogP contribution in [0.5, 0.6) is 0 Å². The van der Waals surface area contributed by atoms with Gasteiger partial charge >= 0.3 is 0 Å². The van der Waals surface area contributed by atoms with Crippen LogP contribution in [0, 0.1) is 5.95 Å². The summed E-state index contributed by atoms with van der Waals surface area (Å²) in [7, 11) is 0. The molecule has 2 aromatic rings. The second-order valence-electron chi connectivity index (χ2n) is 4.35. The summed E-state index contributed by atoms with van der Waals surface area (Å²) >= 11 is 3.40. The third-order valence-corrected chi connectivity index (χ3v) is 3.68. The first kappa shape index (κ1) is 12.0. The van der Waals surface area contributed by atoms with Crippen LogP contribution < -0.4 is 0 Å². The van der Waals surface area contributed by atoms with Crippen molar-refractivity contribution in [3.05, 3.63) is 23.8 Å². The minimum atomic E-state index is -0.486. The maximum atomic E-state index is 13.3. The molecule has 1 aliphatic rings. The average molecular weight is 314 g/mol. The summed E-state index contributed by atoms with van der Waals surface area (Å²) in [6.45, 7) is 0.727. The lowest BCUT2D eigenvalue weighted by molar-refractivity contribution is -0.0372. The van der Waals surface area contributed by atoms with Crippen molar-refractivity contribution in [2.24, 2.45) is 0 Å². The van der Waals surface area contributed by atoms with E-state index < -0.39 is 5.95 Å². The monoisotopic (exact) mass is 313 g/mol. The van der Waals surface area contributed by atoms with Gasteiger partial charge in [0.25, 0.3) is 0 Å². The number of aromatic nitrogens is 3. The lowest BCUT2D eigenvalue weighted by atomic mass is 10.2. The first-order valence-electron chi connectivity index (χ1n) is 6.01. The van der Waals surface area contributed by atoms with E-state index in [9.17, 15) is 4.39 Å². The Morgan fingerprint density at radius 2 is 2.33 bits per heavy atom. The van der Waals surface area contributed by atoms with Crippen molar-refractivity contribution < 1.29 is 9.13 Å². The Morgan fingerprint density at radius 1 is 1.44 bits per heavy atom. The molecule has 1 atom stereocenters. The number of hydrogen-bond acceptors (Lipinski definition) is 3. The van der Waals surface area contributed by atoms with Crippen LogP contribution >= 0.6 is 15.9 Å². The second kappa shape index (κ2) is 4.93. The molecule has 2 aromatic heterocycles. The molecule has 18 heavy (non-hydrogen) atoms. The van der Waals surface area contributed by atoms with Crippen LogP contribution in [-0.4, -0.2) is 21.4 Å². The molecule has 96 valence electrons. The molecule has 3 heterocycles. The number of hydrogen-bond donors (Lipinski definition) is 0. The normalized spacial score (nSPS) is 20.4. The van der Waals surface area contributed by atoms with Crippen LogP contribution in [0.15, 0.2) is 12.1 Å². The van der Waals surface area contributed by atoms with Gasteiger partial charge in [-0.3, -0.25) is 0 Å². The van der Waals surface area contributed by atoms with Gasteiger partial charge in [0.15, 0.2) is 11.9 Å². The fourth-order valence-corrected chi connectivity index (χ4v) is 2.69. The highest BCUT2D eigenvalue weighted by molar-refractivity contribution is 9.08. The van der Waals surface area contributed by atoms with Crippen LogP contribution in [0.1, 0.15) is 31.2 Å². The number of nitrogens with zero attached hydrogens (tertiary/aromatic N) is 3. The minimum Gasteiger partial charge on any atom is -0.356 e. The standard InChI is InChI=1S/C12H13BrFN3O/c13-7-9-8-4-5-10(14)15-12(8)17(16-9)11-3-1-2-6-18-11/h4-5,11H,1-3,6-7H2. The third kappa shape index (κ3) is 2.03. The summed E-state index contributed by atoms with van der Waals surface area (Å²) < 4.78 is 20.7. The summed E-state index contributed by atoms with van der Waals surface area (Å²) in [5.41, 5.74) is 1.43. The van der Waals surface area contributed by atoms with Gasteiger partial charge in [-0.1, -0.05) is 15.9 Å². The van der Waals surface area contributed by atoms with Crippen LogP contribution in [0.2, 0.25) is 0 Å². The zero-order chi connectivity index (χ0) is 12.5. The predicted molar refractivity (Wildman–Crippen MR) is 69.0 cm³/mol. The summed E-state index contributed by atoms with van der Waals surface area (Å²) in [5.74, 6) is -0.486. The van der Waals surface area contributed by atoms with Crippen LogP contribution in [0.4, 0.5) is 4.39 Å². The molecular formula is C12H13BrFN3O. The maximum Gasteiger partial charge on any atom is 0.214 e. The summed E-state index contributed by atoms with van der Waals surface area (Å²) in [5, 5.41) is 5.99. The maximum absolute atomic E-state index is 13.3. The van der Waals surface area contributed by atoms with Crippen molar-refractivity contribution in [2.45, 2.75) is 30.8 Å². The summed E-state index contributed by atoms with van der Waals surface area (Å²) in [6, 6.07) is 3.09. The smallest absolute Gasteiger partial charge is 0.214 e. The molecule has 0 aliphatic carbocycles. The molecule has 4 nitrogen and oxygen atoms in total. The zero-order valence-electron chi connectivity index (χ0n) is 9.77. The highest BCUT2D eigenvalue weighted by Gasteiger charge is 2.21. The van der Waals surface area contributed by atoms with Gasteiger partial charge < -0.3 is 4.74 Å². The Balaban J connectivity index is 2.12. The Labute approximate surface area is 112 Å². The quantitative estimate of drug-likeness (QED) is 0.631. The number of ether oxygens (including phenoxy) is 1. The van der Waals surface area contributed by atoms with E-state index in [-0.39, 0.29) is 6.23 Å². The largest absolute Gasteiger partial charge is 0.356 e. The fourth-order valence-electron chi connectivity index (χ4n) is 2.27. The highest BCUT2D eigenvalue weighted by Crippen LogP contribution is 2.27. The van der Waals surface area contributed by atoms with Crippen molar-refractivity contribution in [2.75, 3.05) is 6.61 Å². The van der Waals surface area contributed by atoms with Crippen LogP contribution in [0.25, 0.3) is 11.0 Å². The van der Waals surface area contributed by atoms with E-state index in [1.54, 1.807) is 10.7 Å². The van der Waals surface area contributed by atoms with E-state index in [1.807, 2.05) is 0 Å². The molecular weight excluding hydrogens is 301 g/mol. The van der Waals surface area contributed by atoms with E-state index >= 15 is 0 Å². The van der Waals surface area contributed by atoms with Crippen LogP contribution in [-0.2, 0) is 10.1 Å². The Hall–Kier alpha value is -1.01. The SMILES string of the molecule is Fc1ccc2c(CBr)nn(C3CCCCO3)c2n1. The molecule has 0 bridgehead atoms. The molecule has 1 fully saturated rings. The molecule has 1 unspecified atom stereocenters. The van der Waals surface area contributed by atoms with Gasteiger partial charge in [0.2, 0.25) is 5.95 Å². The van der Waals surface area contributed by atoms with Gasteiger partial charge in [-0.15, -0.1) is 0 Å². The number of pyridine rings is 1. The van der Waals surface area contributed by atoms with Gasteiger partial charge in [0.05, 0.1) is 5.69 Å². The number of alkyl halides is 1. The number of fused-ring (bicyclic) bond motifs is 1. The Morgan fingerprint density at radius 3 is 3.06 bits per heavy atom. The molecule has 0 spiro atoms. The lowest BCUT2D eigenvalue weighted by Gasteiger charge is -2.22. The van der Waals surface area contributed by atoms with E-state index in [2.05, 4.69) is 26.0 Å². The molecule has 0 aromatic carbocycles. The Kier molecular flexibility index (Phi) is 3.30. The van der Waals surface area contributed by atoms with Crippen molar-refractivity contribution in [1.82, 2.24) is 14.8 Å². The number of halogens is 2. The molecule has 0 saturated carbocycles.